The zero-order valence-corrected chi connectivity index (χ0v) is 6.22. The van der Waals surface area contributed by atoms with Gasteiger partial charge in [0.15, 0.2) is 5.82 Å². The summed E-state index contributed by atoms with van der Waals surface area (Å²) < 4.78 is 0. The quantitative estimate of drug-likeness (QED) is 0.520. The van der Waals surface area contributed by atoms with Crippen LogP contribution in [0.25, 0.3) is 0 Å². The molecule has 56 valence electrons. The van der Waals surface area contributed by atoms with E-state index in [9.17, 15) is 0 Å². The number of benzene rings is 1. The Labute approximate surface area is 66.1 Å². The summed E-state index contributed by atoms with van der Waals surface area (Å²) in [5.74, 6) is 0.909. The van der Waals surface area contributed by atoms with Crippen molar-refractivity contribution in [2.45, 2.75) is 0 Å². The van der Waals surface area contributed by atoms with Crippen LogP contribution in [0.15, 0.2) is 36.7 Å². The van der Waals surface area contributed by atoms with Gasteiger partial charge < -0.3 is 10.2 Å². The molecule has 1 aliphatic heterocycles. The molecular weight excluding hydrogens is 136 g/mol. The van der Waals surface area contributed by atoms with Gasteiger partial charge >= 0.3 is 0 Å². The van der Waals surface area contributed by atoms with Crippen LogP contribution in [0.3, 0.4) is 0 Å². The summed E-state index contributed by atoms with van der Waals surface area (Å²) in [5.41, 5.74) is 2.28. The Bertz CT molecular complexity index is 304. The fourth-order valence-electron chi connectivity index (χ4n) is 1.26. The average Bonchev–Trinajstić information content (AvgIpc) is 2.30. The Hall–Kier alpha value is -1.28. The fraction of sp³-hybridized carbons (Fsp3) is 0. The largest absolute Gasteiger partial charge is 0.386 e. The predicted octanol–water partition coefficient (Wildman–Crippen LogP) is 0.891. The van der Waals surface area contributed by atoms with E-state index in [1.165, 1.54) is 0 Å². The van der Waals surface area contributed by atoms with Crippen LogP contribution < -0.4 is 10.2 Å². The summed E-state index contributed by atoms with van der Waals surface area (Å²) in [5, 5.41) is 3.15. The number of rotatable bonds is 0. The summed E-state index contributed by atoms with van der Waals surface area (Å²) in [6, 6.07) is 8.07. The minimum absolute atomic E-state index is 0.909. The molecule has 0 saturated carbocycles. The molecule has 0 aromatic heterocycles. The van der Waals surface area contributed by atoms with E-state index in [1.807, 2.05) is 24.3 Å². The molecule has 1 heterocycles. The molecule has 11 heavy (non-hydrogen) atoms. The fourth-order valence-corrected chi connectivity index (χ4v) is 1.26. The lowest BCUT2D eigenvalue weighted by atomic mass is 10.3. The van der Waals surface area contributed by atoms with E-state index in [4.69, 9.17) is 0 Å². The van der Waals surface area contributed by atoms with Gasteiger partial charge in [-0.2, -0.15) is 0 Å². The molecule has 2 rings (SSSR count). The number of hydrogen-bond acceptors (Lipinski definition) is 1. The third-order valence-corrected chi connectivity index (χ3v) is 1.90. The molecule has 1 aromatic carbocycles. The lowest BCUT2D eigenvalue weighted by Gasteiger charge is -2.11. The molecule has 2 heteroatoms. The third-order valence-electron chi connectivity index (χ3n) is 1.90. The first-order chi connectivity index (χ1) is 5.29. The third kappa shape index (κ3) is 0.835. The highest BCUT2D eigenvalue weighted by molar-refractivity contribution is 5.66. The molecule has 1 aromatic rings. The minimum atomic E-state index is 0.909. The van der Waals surface area contributed by atoms with Crippen molar-refractivity contribution >= 4 is 11.4 Å². The van der Waals surface area contributed by atoms with Gasteiger partial charge in [-0.25, -0.2) is 0 Å². The lowest BCUT2D eigenvalue weighted by molar-refractivity contribution is -0.729. The van der Waals surface area contributed by atoms with Crippen molar-refractivity contribution in [2.75, 3.05) is 5.32 Å². The molecule has 1 aliphatic rings. The minimum Gasteiger partial charge on any atom is -0.386 e. The predicted molar refractivity (Wildman–Crippen MR) is 45.2 cm³/mol. The molecule has 2 nitrogen and oxygen atoms in total. The van der Waals surface area contributed by atoms with Crippen LogP contribution in [0.4, 0.5) is 11.4 Å². The van der Waals surface area contributed by atoms with E-state index in [-0.39, 0.29) is 0 Å². The van der Waals surface area contributed by atoms with Gasteiger partial charge in [-0.1, -0.05) is 12.1 Å². The van der Waals surface area contributed by atoms with Gasteiger partial charge in [-0.3, -0.25) is 0 Å². The molecular formula is C9H10N2. The molecule has 1 atom stereocenters. The summed E-state index contributed by atoms with van der Waals surface area (Å²) >= 11 is 0. The van der Waals surface area contributed by atoms with Crippen molar-refractivity contribution in [3.63, 3.8) is 0 Å². The average molecular weight is 146 g/mol. The number of fused-ring (bicyclic) bond motifs is 1. The van der Waals surface area contributed by atoms with Crippen molar-refractivity contribution in [1.29, 1.82) is 0 Å². The van der Waals surface area contributed by atoms with Gasteiger partial charge in [0.25, 0.3) is 0 Å². The Balaban J connectivity index is 2.55. The highest BCUT2D eigenvalue weighted by Crippen LogP contribution is 2.22. The Morgan fingerprint density at radius 2 is 2.09 bits per heavy atom. The molecule has 0 amide bonds. The van der Waals surface area contributed by atoms with E-state index in [2.05, 4.69) is 18.9 Å². The van der Waals surface area contributed by atoms with Crippen LogP contribution in [-0.2, 0) is 0 Å². The highest BCUT2D eigenvalue weighted by atomic mass is 15.3. The Morgan fingerprint density at radius 1 is 1.36 bits per heavy atom. The van der Waals surface area contributed by atoms with E-state index in [0.717, 1.165) is 22.1 Å². The van der Waals surface area contributed by atoms with Gasteiger partial charge in [-0.05, 0) is 18.7 Å². The van der Waals surface area contributed by atoms with Gasteiger partial charge in [-0.15, -0.1) is 7.05 Å². The van der Waals surface area contributed by atoms with Gasteiger partial charge in [0, 0.05) is 0 Å². The summed E-state index contributed by atoms with van der Waals surface area (Å²) in [7, 11) is 3.91. The van der Waals surface area contributed by atoms with E-state index >= 15 is 0 Å². The van der Waals surface area contributed by atoms with Crippen molar-refractivity contribution < 1.29 is 4.90 Å². The second-order valence-electron chi connectivity index (χ2n) is 2.63. The number of para-hydroxylation sites is 2. The molecule has 0 spiro atoms. The van der Waals surface area contributed by atoms with Crippen molar-refractivity contribution in [3.8, 4) is 0 Å². The number of hydrogen-bond donors (Lipinski definition) is 2. The number of nitrogens with one attached hydrogen (secondary N) is 2. The zero-order chi connectivity index (χ0) is 7.84. The first kappa shape index (κ1) is 6.43. The van der Waals surface area contributed by atoms with Gasteiger partial charge in [0.2, 0.25) is 0 Å². The Morgan fingerprint density at radius 3 is 2.82 bits per heavy atom. The topological polar surface area (TPSA) is 16.5 Å². The lowest BCUT2D eigenvalue weighted by Crippen LogP contribution is -2.98. The summed E-state index contributed by atoms with van der Waals surface area (Å²) in [4.78, 5) is 1.00. The molecule has 2 N–H and O–H groups in total. The van der Waals surface area contributed by atoms with Gasteiger partial charge in [0.05, 0.1) is 0 Å². The molecule has 1 unspecified atom stereocenters. The maximum atomic E-state index is 3.91. The van der Waals surface area contributed by atoms with Crippen molar-refractivity contribution in [2.24, 2.45) is 0 Å². The van der Waals surface area contributed by atoms with Crippen LogP contribution in [0.1, 0.15) is 0 Å². The highest BCUT2D eigenvalue weighted by Gasteiger charge is 2.18. The van der Waals surface area contributed by atoms with E-state index in [0.29, 0.717) is 0 Å². The van der Waals surface area contributed by atoms with E-state index in [1.54, 1.807) is 0 Å². The maximum Gasteiger partial charge on any atom is 0.175 e. The zero-order valence-electron chi connectivity index (χ0n) is 6.22. The van der Waals surface area contributed by atoms with Gasteiger partial charge in [0.1, 0.15) is 11.4 Å². The van der Waals surface area contributed by atoms with Crippen LogP contribution in [0, 0.1) is 7.05 Å². The standard InChI is InChI=1S/C9H10N2/c1-7-10-8-5-3-4-6-9(8)11(7)2/h3-6,10-11H,1-2H2. The normalized spacial score (nSPS) is 21.2. The van der Waals surface area contributed by atoms with Crippen LogP contribution in [-0.4, -0.2) is 0 Å². The Kier molecular flexibility index (Phi) is 1.23. The van der Waals surface area contributed by atoms with Crippen LogP contribution in [0.2, 0.25) is 0 Å². The first-order valence-corrected chi connectivity index (χ1v) is 3.53. The van der Waals surface area contributed by atoms with Crippen molar-refractivity contribution in [3.05, 3.63) is 43.7 Å². The molecule has 0 radical (unpaired) electrons. The molecule has 0 bridgehead atoms. The first-order valence-electron chi connectivity index (χ1n) is 3.53. The SMILES string of the molecule is C=C1Nc2ccccc2[NH+]1[CH2-]. The van der Waals surface area contributed by atoms with Crippen molar-refractivity contribution in [1.82, 2.24) is 0 Å². The molecule has 0 fully saturated rings. The molecule has 0 saturated heterocycles. The second-order valence-corrected chi connectivity index (χ2v) is 2.63. The monoisotopic (exact) mass is 146 g/mol. The maximum absolute atomic E-state index is 3.91. The smallest absolute Gasteiger partial charge is 0.175 e. The number of anilines is 1. The number of quaternary nitrogens is 1. The second kappa shape index (κ2) is 2.10. The van der Waals surface area contributed by atoms with Crippen LogP contribution >= 0.6 is 0 Å². The van der Waals surface area contributed by atoms with Crippen LogP contribution in [0.5, 0.6) is 0 Å². The summed E-state index contributed by atoms with van der Waals surface area (Å²) in [6.45, 7) is 3.84. The molecule has 0 aliphatic carbocycles. The summed E-state index contributed by atoms with van der Waals surface area (Å²) in [6.07, 6.45) is 0. The van der Waals surface area contributed by atoms with E-state index < -0.39 is 0 Å².